The van der Waals surface area contributed by atoms with Crippen LogP contribution in [0.4, 0.5) is 0 Å². The standard InChI is InChI=1S/C15H19NO2S/c1-10-3-4-12-11(7-10)8-13(18-12)15(16-2)14-9-19-6-5-17-14/h3-4,7-8,14-16H,5-6,9H2,1-2H3. The zero-order valence-electron chi connectivity index (χ0n) is 11.3. The first-order valence-corrected chi connectivity index (χ1v) is 7.80. The summed E-state index contributed by atoms with van der Waals surface area (Å²) in [5.41, 5.74) is 2.20. The van der Waals surface area contributed by atoms with Crippen molar-refractivity contribution in [2.45, 2.75) is 19.1 Å². The monoisotopic (exact) mass is 277 g/mol. The minimum Gasteiger partial charge on any atom is -0.459 e. The summed E-state index contributed by atoms with van der Waals surface area (Å²) in [7, 11) is 1.96. The summed E-state index contributed by atoms with van der Waals surface area (Å²) in [5, 5.41) is 4.50. The molecule has 3 nitrogen and oxygen atoms in total. The van der Waals surface area contributed by atoms with Crippen LogP contribution in [0.25, 0.3) is 11.0 Å². The maximum absolute atomic E-state index is 5.98. The Hall–Kier alpha value is -0.970. The van der Waals surface area contributed by atoms with Crippen molar-refractivity contribution in [2.75, 3.05) is 25.2 Å². The lowest BCUT2D eigenvalue weighted by molar-refractivity contribution is 0.0436. The Balaban J connectivity index is 1.91. The van der Waals surface area contributed by atoms with Crippen LogP contribution >= 0.6 is 11.8 Å². The third kappa shape index (κ3) is 2.66. The molecule has 0 amide bonds. The van der Waals surface area contributed by atoms with Gasteiger partial charge < -0.3 is 14.5 Å². The molecule has 1 fully saturated rings. The van der Waals surface area contributed by atoms with Gasteiger partial charge in [0.25, 0.3) is 0 Å². The van der Waals surface area contributed by atoms with Crippen LogP contribution < -0.4 is 5.32 Å². The largest absolute Gasteiger partial charge is 0.459 e. The molecule has 0 radical (unpaired) electrons. The number of fused-ring (bicyclic) bond motifs is 1. The van der Waals surface area contributed by atoms with Crippen molar-refractivity contribution >= 4 is 22.7 Å². The highest BCUT2D eigenvalue weighted by atomic mass is 32.2. The molecular formula is C15H19NO2S. The van der Waals surface area contributed by atoms with Gasteiger partial charge in [-0.25, -0.2) is 0 Å². The predicted molar refractivity (Wildman–Crippen MR) is 79.8 cm³/mol. The first-order chi connectivity index (χ1) is 9.28. The zero-order valence-corrected chi connectivity index (χ0v) is 12.1. The van der Waals surface area contributed by atoms with E-state index in [-0.39, 0.29) is 12.1 Å². The molecule has 4 heteroatoms. The van der Waals surface area contributed by atoms with Gasteiger partial charge in [-0.05, 0) is 32.2 Å². The third-order valence-electron chi connectivity index (χ3n) is 3.52. The van der Waals surface area contributed by atoms with Crippen LogP contribution in [0.2, 0.25) is 0 Å². The molecule has 2 aromatic rings. The molecule has 1 saturated heterocycles. The van der Waals surface area contributed by atoms with Gasteiger partial charge in [-0.3, -0.25) is 0 Å². The first kappa shape index (κ1) is 13.0. The average molecular weight is 277 g/mol. The quantitative estimate of drug-likeness (QED) is 0.934. The Bertz CT molecular complexity index is 560. The molecule has 0 aliphatic carbocycles. The molecule has 2 heterocycles. The summed E-state index contributed by atoms with van der Waals surface area (Å²) in [6.45, 7) is 2.93. The van der Waals surface area contributed by atoms with E-state index in [1.807, 2.05) is 24.9 Å². The molecular weight excluding hydrogens is 258 g/mol. The van der Waals surface area contributed by atoms with Gasteiger partial charge in [-0.2, -0.15) is 11.8 Å². The Morgan fingerprint density at radius 2 is 2.26 bits per heavy atom. The molecule has 2 unspecified atom stereocenters. The smallest absolute Gasteiger partial charge is 0.134 e. The van der Waals surface area contributed by atoms with Crippen molar-refractivity contribution in [3.63, 3.8) is 0 Å². The second-order valence-electron chi connectivity index (χ2n) is 4.94. The van der Waals surface area contributed by atoms with Gasteiger partial charge >= 0.3 is 0 Å². The highest BCUT2D eigenvalue weighted by Crippen LogP contribution is 2.30. The Kier molecular flexibility index (Phi) is 3.82. The van der Waals surface area contributed by atoms with Crippen molar-refractivity contribution in [1.82, 2.24) is 5.32 Å². The van der Waals surface area contributed by atoms with E-state index in [0.29, 0.717) is 0 Å². The van der Waals surface area contributed by atoms with Crippen LogP contribution in [-0.2, 0) is 4.74 Å². The number of rotatable bonds is 3. The van der Waals surface area contributed by atoms with Crippen molar-refractivity contribution < 1.29 is 9.15 Å². The Morgan fingerprint density at radius 1 is 1.37 bits per heavy atom. The number of aryl methyl sites for hydroxylation is 1. The molecule has 2 atom stereocenters. The van der Waals surface area contributed by atoms with E-state index < -0.39 is 0 Å². The molecule has 3 rings (SSSR count). The van der Waals surface area contributed by atoms with Gasteiger partial charge in [0.05, 0.1) is 18.8 Å². The van der Waals surface area contributed by atoms with E-state index >= 15 is 0 Å². The number of hydrogen-bond acceptors (Lipinski definition) is 4. The maximum atomic E-state index is 5.98. The molecule has 102 valence electrons. The van der Waals surface area contributed by atoms with Gasteiger partial charge in [-0.1, -0.05) is 11.6 Å². The van der Waals surface area contributed by atoms with E-state index in [4.69, 9.17) is 9.15 Å². The summed E-state index contributed by atoms with van der Waals surface area (Å²) in [5.74, 6) is 3.07. The van der Waals surface area contributed by atoms with Crippen LogP contribution in [0.5, 0.6) is 0 Å². The van der Waals surface area contributed by atoms with Crippen molar-refractivity contribution in [3.05, 3.63) is 35.6 Å². The van der Waals surface area contributed by atoms with Crippen LogP contribution in [0.3, 0.4) is 0 Å². The molecule has 0 bridgehead atoms. The van der Waals surface area contributed by atoms with E-state index in [0.717, 1.165) is 29.5 Å². The van der Waals surface area contributed by atoms with Crippen LogP contribution in [0.1, 0.15) is 17.4 Å². The van der Waals surface area contributed by atoms with Crippen LogP contribution in [0.15, 0.2) is 28.7 Å². The number of furan rings is 1. The van der Waals surface area contributed by atoms with Crippen molar-refractivity contribution in [3.8, 4) is 0 Å². The van der Waals surface area contributed by atoms with Crippen molar-refractivity contribution in [2.24, 2.45) is 0 Å². The Morgan fingerprint density at radius 3 is 3.00 bits per heavy atom. The zero-order chi connectivity index (χ0) is 13.2. The number of benzene rings is 1. The van der Waals surface area contributed by atoms with Gasteiger partial charge in [0.1, 0.15) is 11.3 Å². The van der Waals surface area contributed by atoms with E-state index in [9.17, 15) is 0 Å². The summed E-state index contributed by atoms with van der Waals surface area (Å²) in [4.78, 5) is 0. The normalized spacial score (nSPS) is 21.7. The molecule has 0 spiro atoms. The minimum absolute atomic E-state index is 0.125. The molecule has 19 heavy (non-hydrogen) atoms. The lowest BCUT2D eigenvalue weighted by atomic mass is 10.1. The van der Waals surface area contributed by atoms with Gasteiger partial charge in [0.15, 0.2) is 0 Å². The topological polar surface area (TPSA) is 34.4 Å². The fraction of sp³-hybridized carbons (Fsp3) is 0.467. The molecule has 1 N–H and O–H groups in total. The predicted octanol–water partition coefficient (Wildman–Crippen LogP) is 3.13. The van der Waals surface area contributed by atoms with Crippen LogP contribution in [0, 0.1) is 6.92 Å². The molecule has 1 aromatic carbocycles. The second kappa shape index (κ2) is 5.57. The number of ether oxygens (including phenoxy) is 1. The Labute approximate surface area is 117 Å². The maximum Gasteiger partial charge on any atom is 0.134 e. The summed E-state index contributed by atoms with van der Waals surface area (Å²) >= 11 is 1.94. The van der Waals surface area contributed by atoms with E-state index in [2.05, 4.69) is 30.4 Å². The van der Waals surface area contributed by atoms with E-state index in [1.54, 1.807) is 0 Å². The summed E-state index contributed by atoms with van der Waals surface area (Å²) in [6, 6.07) is 8.53. The molecule has 1 aliphatic rings. The summed E-state index contributed by atoms with van der Waals surface area (Å²) in [6.07, 6.45) is 0.186. The summed E-state index contributed by atoms with van der Waals surface area (Å²) < 4.78 is 11.8. The average Bonchev–Trinajstić information content (AvgIpc) is 2.83. The number of thioether (sulfide) groups is 1. The van der Waals surface area contributed by atoms with Gasteiger partial charge in [-0.15, -0.1) is 0 Å². The lowest BCUT2D eigenvalue weighted by Crippen LogP contribution is -2.36. The van der Waals surface area contributed by atoms with Gasteiger partial charge in [0.2, 0.25) is 0 Å². The molecule has 0 saturated carbocycles. The first-order valence-electron chi connectivity index (χ1n) is 6.64. The third-order valence-corrected chi connectivity index (χ3v) is 4.54. The van der Waals surface area contributed by atoms with Gasteiger partial charge in [0, 0.05) is 16.9 Å². The highest BCUT2D eigenvalue weighted by Gasteiger charge is 2.27. The second-order valence-corrected chi connectivity index (χ2v) is 6.09. The fourth-order valence-corrected chi connectivity index (χ4v) is 3.45. The van der Waals surface area contributed by atoms with Crippen LogP contribution in [-0.4, -0.2) is 31.3 Å². The molecule has 1 aliphatic heterocycles. The minimum atomic E-state index is 0.125. The number of likely N-dealkylation sites (N-methyl/N-ethyl adjacent to an activating group) is 1. The number of hydrogen-bond donors (Lipinski definition) is 1. The van der Waals surface area contributed by atoms with Crippen molar-refractivity contribution in [1.29, 1.82) is 0 Å². The number of nitrogens with one attached hydrogen (secondary N) is 1. The SMILES string of the molecule is CNC(c1cc2cc(C)ccc2o1)C1CSCCO1. The highest BCUT2D eigenvalue weighted by molar-refractivity contribution is 7.99. The lowest BCUT2D eigenvalue weighted by Gasteiger charge is -2.28. The van der Waals surface area contributed by atoms with E-state index in [1.165, 1.54) is 10.9 Å². The fourth-order valence-electron chi connectivity index (χ4n) is 2.55. The molecule has 1 aromatic heterocycles.